The van der Waals surface area contributed by atoms with E-state index in [1.165, 1.54) is 0 Å². The Kier molecular flexibility index (Phi) is 9.49. The summed E-state index contributed by atoms with van der Waals surface area (Å²) in [5.41, 5.74) is -31.9. The number of aliphatic hydroxyl groups is 2. The summed E-state index contributed by atoms with van der Waals surface area (Å²) in [5.74, 6) is -26.0. The van der Waals surface area contributed by atoms with Crippen LogP contribution >= 0.6 is 0 Å². The molecule has 4 unspecified atom stereocenters. The highest BCUT2D eigenvalue weighted by Crippen LogP contribution is 2.68. The van der Waals surface area contributed by atoms with E-state index in [1.807, 2.05) is 0 Å². The molecule has 1 fully saturated rings. The third kappa shape index (κ3) is 5.10. The topological polar surface area (TPSA) is 40.5 Å². The largest absolute Gasteiger partial charge is 0.456 e. The first kappa shape index (κ1) is 40.3. The second kappa shape index (κ2) is 10.4. The molecule has 0 aromatic heterocycles. The second-order valence-corrected chi connectivity index (χ2v) is 9.55. The van der Waals surface area contributed by atoms with Crippen LogP contribution in [0.5, 0.6) is 0 Å². The van der Waals surface area contributed by atoms with Crippen LogP contribution in [0.2, 0.25) is 0 Å². The summed E-state index contributed by atoms with van der Waals surface area (Å²) < 4.78 is 325. The van der Waals surface area contributed by atoms with Gasteiger partial charge < -0.3 is 10.2 Å². The van der Waals surface area contributed by atoms with E-state index < -0.39 is 109 Å². The molecular weight excluding hydrogens is 704 g/mol. The van der Waals surface area contributed by atoms with Gasteiger partial charge in [0.1, 0.15) is 0 Å². The Morgan fingerprint density at radius 2 is 0.545 bits per heavy atom. The normalized spacial score (nSPS) is 24.1. The first-order chi connectivity index (χ1) is 18.7. The van der Waals surface area contributed by atoms with Crippen molar-refractivity contribution in [1.29, 1.82) is 0 Å². The van der Waals surface area contributed by atoms with Crippen molar-refractivity contribution in [2.45, 2.75) is 97.1 Å². The maximum absolute atomic E-state index is 14.8. The van der Waals surface area contributed by atoms with Gasteiger partial charge in [-0.15, -0.1) is 0 Å². The number of alkyl halides is 24. The minimum atomic E-state index is -8.34. The highest BCUT2D eigenvalue weighted by molar-refractivity contribution is 5.24. The van der Waals surface area contributed by atoms with Gasteiger partial charge in [-0.05, 0) is 31.1 Å². The van der Waals surface area contributed by atoms with Crippen molar-refractivity contribution >= 4 is 0 Å². The van der Waals surface area contributed by atoms with Crippen LogP contribution in [0.1, 0.15) is 25.7 Å². The highest BCUT2D eigenvalue weighted by Gasteiger charge is 2.95. The van der Waals surface area contributed by atoms with E-state index in [2.05, 4.69) is 0 Å². The van der Waals surface area contributed by atoms with Gasteiger partial charge in [0.2, 0.25) is 0 Å². The fraction of sp³-hybridized carbons (Fsp3) is 1.00. The Hall–Kier alpha value is -1.76. The molecule has 0 aromatic carbocycles. The zero-order chi connectivity index (χ0) is 36.0. The Bertz CT molecular complexity index is 919. The molecule has 0 aliphatic heterocycles. The van der Waals surface area contributed by atoms with Crippen molar-refractivity contribution in [1.82, 2.24) is 0 Å². The van der Waals surface area contributed by atoms with Gasteiger partial charge in [-0.25, -0.2) is 8.78 Å². The molecule has 1 saturated carbocycles. The van der Waals surface area contributed by atoms with Crippen molar-refractivity contribution < 1.29 is 116 Å². The monoisotopic (exact) mass is 716 g/mol. The molecule has 26 heteroatoms. The van der Waals surface area contributed by atoms with Crippen LogP contribution in [0.4, 0.5) is 105 Å². The van der Waals surface area contributed by atoms with E-state index >= 15 is 0 Å². The molecule has 0 heterocycles. The van der Waals surface area contributed by atoms with Crippen molar-refractivity contribution in [3.8, 4) is 0 Å². The summed E-state index contributed by atoms with van der Waals surface area (Å²) in [7, 11) is 0. The molecule has 1 aliphatic rings. The van der Waals surface area contributed by atoms with Crippen LogP contribution in [0.15, 0.2) is 0 Å². The summed E-state index contributed by atoms with van der Waals surface area (Å²) >= 11 is 0. The molecule has 0 spiro atoms. The van der Waals surface area contributed by atoms with Gasteiger partial charge in [0.15, 0.2) is 11.2 Å². The maximum Gasteiger partial charge on any atom is 0.456 e. The van der Waals surface area contributed by atoms with Gasteiger partial charge in [-0.3, -0.25) is 0 Å². The Balaban J connectivity index is 4.39. The van der Waals surface area contributed by atoms with Crippen LogP contribution in [-0.4, -0.2) is 81.7 Å². The van der Waals surface area contributed by atoms with Gasteiger partial charge >= 0.3 is 60.2 Å². The standard InChI is InChI=1S/C18H12F24O2/c19-9(13(25,26)27,14(28,29)30)7(43,11(21,22)17(37,38)39)5-2-1-3-6(4-5)8(44,12(23,24)18(40,41)42)10(20,15(31,32)33)16(34,35)36/h5-6,43-44H,1-4H2. The third-order valence-corrected chi connectivity index (χ3v) is 7.14. The first-order valence-corrected chi connectivity index (χ1v) is 10.7. The molecule has 4 atom stereocenters. The van der Waals surface area contributed by atoms with E-state index in [1.54, 1.807) is 0 Å². The first-order valence-electron chi connectivity index (χ1n) is 10.7. The van der Waals surface area contributed by atoms with E-state index in [9.17, 15) is 116 Å². The maximum atomic E-state index is 14.8. The highest BCUT2D eigenvalue weighted by atomic mass is 19.5. The summed E-state index contributed by atoms with van der Waals surface area (Å²) in [6.07, 6.45) is -59.4. The number of hydrogen-bond acceptors (Lipinski definition) is 2. The summed E-state index contributed by atoms with van der Waals surface area (Å²) in [6.45, 7) is 0. The van der Waals surface area contributed by atoms with Gasteiger partial charge in [0.25, 0.3) is 0 Å². The molecular formula is C18H12F24O2. The minimum Gasteiger partial charge on any atom is -0.379 e. The molecule has 2 N–H and O–H groups in total. The minimum absolute atomic E-state index is 2.18. The summed E-state index contributed by atoms with van der Waals surface area (Å²) in [5, 5.41) is 19.7. The summed E-state index contributed by atoms with van der Waals surface area (Å²) in [6, 6.07) is 0. The van der Waals surface area contributed by atoms with Gasteiger partial charge in [0, 0.05) is 0 Å². The van der Waals surface area contributed by atoms with Crippen molar-refractivity contribution in [3.05, 3.63) is 0 Å². The molecule has 0 radical (unpaired) electrons. The lowest BCUT2D eigenvalue weighted by Crippen LogP contribution is -2.81. The second-order valence-electron chi connectivity index (χ2n) is 9.55. The van der Waals surface area contributed by atoms with Gasteiger partial charge in [0.05, 0.1) is 0 Å². The van der Waals surface area contributed by atoms with Crippen molar-refractivity contribution in [2.75, 3.05) is 0 Å². The Labute approximate surface area is 225 Å². The molecule has 264 valence electrons. The molecule has 2 nitrogen and oxygen atoms in total. The van der Waals surface area contributed by atoms with Crippen LogP contribution in [-0.2, 0) is 0 Å². The van der Waals surface area contributed by atoms with E-state index in [4.69, 9.17) is 0 Å². The fourth-order valence-electron chi connectivity index (χ4n) is 5.07. The van der Waals surface area contributed by atoms with Crippen LogP contribution in [0.3, 0.4) is 0 Å². The predicted molar refractivity (Wildman–Crippen MR) is 89.2 cm³/mol. The van der Waals surface area contributed by atoms with Gasteiger partial charge in [-0.2, -0.15) is 96.6 Å². The lowest BCUT2D eigenvalue weighted by Gasteiger charge is -2.55. The Morgan fingerprint density at radius 3 is 0.705 bits per heavy atom. The predicted octanol–water partition coefficient (Wildman–Crippen LogP) is 8.32. The van der Waals surface area contributed by atoms with Crippen molar-refractivity contribution in [3.63, 3.8) is 0 Å². The number of rotatable bonds is 6. The lowest BCUT2D eigenvalue weighted by molar-refractivity contribution is -0.463. The molecule has 0 aromatic rings. The van der Waals surface area contributed by atoms with E-state index in [0.717, 1.165) is 0 Å². The van der Waals surface area contributed by atoms with Crippen LogP contribution in [0.25, 0.3) is 0 Å². The SMILES string of the molecule is OC(C1CCCC(C(O)(C(F)(F)C(F)(F)F)C(F)(C(F)(F)F)C(F)(F)F)C1)(C(F)(F)C(F)(F)F)C(F)(C(F)(F)F)C(F)(F)F. The third-order valence-electron chi connectivity index (χ3n) is 7.14. The van der Waals surface area contributed by atoms with Gasteiger partial charge in [-0.1, -0.05) is 6.42 Å². The van der Waals surface area contributed by atoms with E-state index in [-0.39, 0.29) is 0 Å². The smallest absolute Gasteiger partial charge is 0.379 e. The zero-order valence-electron chi connectivity index (χ0n) is 19.9. The molecule has 1 rings (SSSR count). The number of halogens is 24. The van der Waals surface area contributed by atoms with Crippen LogP contribution in [0, 0.1) is 11.8 Å². The molecule has 0 amide bonds. The van der Waals surface area contributed by atoms with E-state index in [0.29, 0.717) is 0 Å². The molecule has 0 saturated heterocycles. The average molecular weight is 716 g/mol. The fourth-order valence-corrected chi connectivity index (χ4v) is 5.07. The van der Waals surface area contributed by atoms with Crippen LogP contribution < -0.4 is 0 Å². The Morgan fingerprint density at radius 1 is 0.341 bits per heavy atom. The summed E-state index contributed by atoms with van der Waals surface area (Å²) in [4.78, 5) is 0. The molecule has 0 bridgehead atoms. The number of hydrogen-bond donors (Lipinski definition) is 2. The van der Waals surface area contributed by atoms with Crippen molar-refractivity contribution in [2.24, 2.45) is 11.8 Å². The average Bonchev–Trinajstić information content (AvgIpc) is 2.77. The molecule has 1 aliphatic carbocycles. The zero-order valence-corrected chi connectivity index (χ0v) is 19.9. The molecule has 44 heavy (non-hydrogen) atoms. The quantitative estimate of drug-likeness (QED) is 0.272. The lowest BCUT2D eigenvalue weighted by atomic mass is 9.57.